The van der Waals surface area contributed by atoms with E-state index in [0.29, 0.717) is 30.0 Å². The first-order chi connectivity index (χ1) is 14.2. The Bertz CT molecular complexity index is 1080. The zero-order valence-electron chi connectivity index (χ0n) is 16.2. The van der Waals surface area contributed by atoms with Crippen molar-refractivity contribution in [2.24, 2.45) is 5.92 Å². The number of hydrogen-bond donors (Lipinski definition) is 1. The van der Waals surface area contributed by atoms with E-state index in [0.717, 1.165) is 23.5 Å². The van der Waals surface area contributed by atoms with Crippen molar-refractivity contribution in [2.45, 2.75) is 38.5 Å². The van der Waals surface area contributed by atoms with Crippen LogP contribution in [0.1, 0.15) is 48.0 Å². The quantitative estimate of drug-likeness (QED) is 0.741. The molecule has 1 saturated carbocycles. The maximum absolute atomic E-state index is 12.8. The van der Waals surface area contributed by atoms with Crippen LogP contribution in [-0.4, -0.2) is 33.0 Å². The van der Waals surface area contributed by atoms with Gasteiger partial charge in [-0.3, -0.25) is 9.59 Å². The predicted molar refractivity (Wildman–Crippen MR) is 110 cm³/mol. The second-order valence-corrected chi connectivity index (χ2v) is 7.90. The lowest BCUT2D eigenvalue weighted by molar-refractivity contribution is -0.119. The highest BCUT2D eigenvalue weighted by Crippen LogP contribution is 2.34. The number of pyridine rings is 1. The molecule has 148 valence electrons. The number of nitrogens with one attached hydrogen (secondary N) is 1. The molecule has 7 nitrogen and oxygen atoms in total. The van der Waals surface area contributed by atoms with Crippen molar-refractivity contribution in [3.63, 3.8) is 0 Å². The normalized spacial score (nSPS) is 17.0. The maximum atomic E-state index is 12.8. The second kappa shape index (κ2) is 7.31. The van der Waals surface area contributed by atoms with E-state index in [4.69, 9.17) is 0 Å². The first kappa shape index (κ1) is 17.8. The Labute approximate surface area is 168 Å². The van der Waals surface area contributed by atoms with Crippen molar-refractivity contribution in [2.75, 3.05) is 16.8 Å². The van der Waals surface area contributed by atoms with Crippen LogP contribution < -0.4 is 10.2 Å². The van der Waals surface area contributed by atoms with Gasteiger partial charge in [-0.1, -0.05) is 12.8 Å². The highest BCUT2D eigenvalue weighted by Gasteiger charge is 2.28. The molecule has 29 heavy (non-hydrogen) atoms. The summed E-state index contributed by atoms with van der Waals surface area (Å²) < 4.78 is 1.58. The van der Waals surface area contributed by atoms with Crippen molar-refractivity contribution < 1.29 is 9.59 Å². The monoisotopic (exact) mass is 389 g/mol. The molecule has 3 heterocycles. The SMILES string of the molecule is O=C(Nc1ccc2c(c1)CCC(=O)N2CC1CCCC1)c1cccn2ncnc12. The van der Waals surface area contributed by atoms with Gasteiger partial charge in [0.25, 0.3) is 5.91 Å². The van der Waals surface area contributed by atoms with Gasteiger partial charge in [0.1, 0.15) is 6.33 Å². The Balaban J connectivity index is 1.38. The molecule has 0 spiro atoms. The molecule has 0 radical (unpaired) electrons. The fourth-order valence-electron chi connectivity index (χ4n) is 4.51. The van der Waals surface area contributed by atoms with Crippen molar-refractivity contribution >= 4 is 28.8 Å². The van der Waals surface area contributed by atoms with Crippen LogP contribution in [0.2, 0.25) is 0 Å². The molecule has 1 aromatic carbocycles. The predicted octanol–water partition coefficient (Wildman–Crippen LogP) is 3.45. The summed E-state index contributed by atoms with van der Waals surface area (Å²) in [6, 6.07) is 9.34. The van der Waals surface area contributed by atoms with Gasteiger partial charge in [-0.2, -0.15) is 5.10 Å². The molecule has 1 aliphatic heterocycles. The van der Waals surface area contributed by atoms with Crippen LogP contribution in [0.25, 0.3) is 5.65 Å². The minimum Gasteiger partial charge on any atom is -0.322 e. The number of carbonyl (C=O) groups is 2. The lowest BCUT2D eigenvalue weighted by Crippen LogP contribution is -2.38. The fraction of sp³-hybridized carbons (Fsp3) is 0.364. The van der Waals surface area contributed by atoms with Gasteiger partial charge in [0, 0.05) is 30.5 Å². The van der Waals surface area contributed by atoms with Gasteiger partial charge in [-0.15, -0.1) is 0 Å². The van der Waals surface area contributed by atoms with Crippen LogP contribution in [0.15, 0.2) is 42.9 Å². The number of hydrogen-bond acceptors (Lipinski definition) is 4. The van der Waals surface area contributed by atoms with Crippen molar-refractivity contribution in [1.82, 2.24) is 14.6 Å². The number of anilines is 2. The van der Waals surface area contributed by atoms with E-state index in [1.807, 2.05) is 23.1 Å². The number of aromatic nitrogens is 3. The first-order valence-electron chi connectivity index (χ1n) is 10.2. The van der Waals surface area contributed by atoms with Crippen molar-refractivity contribution in [1.29, 1.82) is 0 Å². The zero-order valence-corrected chi connectivity index (χ0v) is 16.2. The third-order valence-electron chi connectivity index (χ3n) is 6.00. The molecule has 1 aliphatic carbocycles. The smallest absolute Gasteiger partial charge is 0.259 e. The summed E-state index contributed by atoms with van der Waals surface area (Å²) in [4.78, 5) is 31.4. The number of amides is 2. The molecule has 2 amide bonds. The molecular weight excluding hydrogens is 366 g/mol. The molecule has 2 aromatic heterocycles. The Morgan fingerprint density at radius 1 is 1.17 bits per heavy atom. The van der Waals surface area contributed by atoms with Crippen LogP contribution in [0.4, 0.5) is 11.4 Å². The Morgan fingerprint density at radius 2 is 2.03 bits per heavy atom. The largest absolute Gasteiger partial charge is 0.322 e. The Morgan fingerprint density at radius 3 is 2.90 bits per heavy atom. The van der Waals surface area contributed by atoms with Gasteiger partial charge in [-0.05, 0) is 61.1 Å². The average molecular weight is 389 g/mol. The first-order valence-corrected chi connectivity index (χ1v) is 10.2. The van der Waals surface area contributed by atoms with E-state index >= 15 is 0 Å². The molecule has 0 bridgehead atoms. The molecule has 5 rings (SSSR count). The Kier molecular flexibility index (Phi) is 4.50. The molecule has 0 unspecified atom stereocenters. The van der Waals surface area contributed by atoms with Crippen LogP contribution in [0.5, 0.6) is 0 Å². The van der Waals surface area contributed by atoms with Crippen LogP contribution in [0.3, 0.4) is 0 Å². The molecule has 7 heteroatoms. The average Bonchev–Trinajstić information content (AvgIpc) is 3.41. The number of rotatable bonds is 4. The van der Waals surface area contributed by atoms with Gasteiger partial charge in [-0.25, -0.2) is 9.50 Å². The lowest BCUT2D eigenvalue weighted by Gasteiger charge is -2.32. The van der Waals surface area contributed by atoms with Crippen molar-refractivity contribution in [3.8, 4) is 0 Å². The molecule has 0 atom stereocenters. The third-order valence-corrected chi connectivity index (χ3v) is 6.00. The number of nitrogens with zero attached hydrogens (tertiary/aromatic N) is 4. The van der Waals surface area contributed by atoms with Crippen LogP contribution >= 0.6 is 0 Å². The number of benzene rings is 1. The molecule has 3 aromatic rings. The van der Waals surface area contributed by atoms with E-state index in [1.165, 1.54) is 32.0 Å². The third kappa shape index (κ3) is 3.37. The van der Waals surface area contributed by atoms with Crippen molar-refractivity contribution in [3.05, 3.63) is 54.0 Å². The highest BCUT2D eigenvalue weighted by molar-refractivity contribution is 6.08. The second-order valence-electron chi connectivity index (χ2n) is 7.90. The van der Waals surface area contributed by atoms with Crippen LogP contribution in [0, 0.1) is 5.92 Å². The van der Waals surface area contributed by atoms with Gasteiger partial charge < -0.3 is 10.2 Å². The molecule has 0 saturated heterocycles. The number of fused-ring (bicyclic) bond motifs is 2. The van der Waals surface area contributed by atoms with Gasteiger partial charge in [0.05, 0.1) is 5.56 Å². The fourth-order valence-corrected chi connectivity index (χ4v) is 4.51. The summed E-state index contributed by atoms with van der Waals surface area (Å²) in [5, 5.41) is 7.04. The summed E-state index contributed by atoms with van der Waals surface area (Å²) in [7, 11) is 0. The standard InChI is InChI=1S/C22H23N5O2/c28-20-10-7-16-12-17(8-9-19(16)26(20)13-15-4-1-2-5-15)25-22(29)18-6-3-11-27-21(18)23-14-24-27/h3,6,8-9,11-12,14-15H,1-2,4-5,7,10,13H2,(H,25,29). The summed E-state index contributed by atoms with van der Waals surface area (Å²) in [5.74, 6) is 0.589. The molecule has 1 fully saturated rings. The minimum absolute atomic E-state index is 0.208. The van der Waals surface area contributed by atoms with E-state index in [2.05, 4.69) is 15.4 Å². The zero-order chi connectivity index (χ0) is 19.8. The summed E-state index contributed by atoms with van der Waals surface area (Å²) >= 11 is 0. The van der Waals surface area contributed by atoms with E-state index < -0.39 is 0 Å². The van der Waals surface area contributed by atoms with Crippen LogP contribution in [-0.2, 0) is 11.2 Å². The van der Waals surface area contributed by atoms with Gasteiger partial charge in [0.2, 0.25) is 5.91 Å². The van der Waals surface area contributed by atoms with E-state index in [-0.39, 0.29) is 11.8 Å². The number of carbonyl (C=O) groups excluding carboxylic acids is 2. The minimum atomic E-state index is -0.224. The molecule has 1 N–H and O–H groups in total. The maximum Gasteiger partial charge on any atom is 0.259 e. The summed E-state index contributed by atoms with van der Waals surface area (Å²) in [5.41, 5.74) is 3.83. The lowest BCUT2D eigenvalue weighted by atomic mass is 9.98. The summed E-state index contributed by atoms with van der Waals surface area (Å²) in [6.07, 6.45) is 9.37. The van der Waals surface area contributed by atoms with Gasteiger partial charge >= 0.3 is 0 Å². The highest BCUT2D eigenvalue weighted by atomic mass is 16.2. The summed E-state index contributed by atoms with van der Waals surface area (Å²) in [6.45, 7) is 0.812. The Hall–Kier alpha value is -3.22. The topological polar surface area (TPSA) is 79.6 Å². The number of aryl methyl sites for hydroxylation is 1. The van der Waals surface area contributed by atoms with Gasteiger partial charge in [0.15, 0.2) is 5.65 Å². The van der Waals surface area contributed by atoms with E-state index in [1.54, 1.807) is 22.8 Å². The molecule has 2 aliphatic rings. The molecular formula is C22H23N5O2. The van der Waals surface area contributed by atoms with E-state index in [9.17, 15) is 9.59 Å².